The first-order chi connectivity index (χ1) is 7.58. The molecule has 0 aliphatic rings. The van der Waals surface area contributed by atoms with Crippen molar-refractivity contribution < 1.29 is 13.2 Å². The summed E-state index contributed by atoms with van der Waals surface area (Å²) in [7, 11) is 0. The molecule has 0 atom stereocenters. The molecule has 0 spiro atoms. The maximum Gasteiger partial charge on any atom is 0.131 e. The maximum atomic E-state index is 13.4. The first-order valence-electron chi connectivity index (χ1n) is 4.40. The van der Waals surface area contributed by atoms with Gasteiger partial charge in [-0.05, 0) is 30.3 Å². The minimum Gasteiger partial charge on any atom is -0.207 e. The van der Waals surface area contributed by atoms with Crippen LogP contribution < -0.4 is 0 Å². The van der Waals surface area contributed by atoms with Gasteiger partial charge in [0.05, 0.1) is 5.02 Å². The molecular weight excluding hydrogens is 237 g/mol. The van der Waals surface area contributed by atoms with E-state index < -0.39 is 17.5 Å². The molecule has 2 aromatic rings. The van der Waals surface area contributed by atoms with Crippen LogP contribution in [0.5, 0.6) is 0 Å². The van der Waals surface area contributed by atoms with Gasteiger partial charge in [-0.15, -0.1) is 0 Å². The van der Waals surface area contributed by atoms with Gasteiger partial charge in [-0.1, -0.05) is 11.6 Å². The molecule has 16 heavy (non-hydrogen) atoms. The molecule has 0 saturated heterocycles. The van der Waals surface area contributed by atoms with Crippen LogP contribution in [0.2, 0.25) is 5.02 Å². The van der Waals surface area contributed by atoms with Crippen LogP contribution in [0.4, 0.5) is 13.2 Å². The van der Waals surface area contributed by atoms with Crippen molar-refractivity contribution in [1.82, 2.24) is 0 Å². The molecule has 0 amide bonds. The first-order valence-corrected chi connectivity index (χ1v) is 4.78. The van der Waals surface area contributed by atoms with Gasteiger partial charge in [0.1, 0.15) is 17.5 Å². The predicted octanol–water partition coefficient (Wildman–Crippen LogP) is 4.22. The average molecular weight is 242 g/mol. The van der Waals surface area contributed by atoms with Gasteiger partial charge >= 0.3 is 0 Å². The fourth-order valence-corrected chi connectivity index (χ4v) is 1.56. The van der Waals surface area contributed by atoms with Gasteiger partial charge in [-0.2, -0.15) is 0 Å². The highest BCUT2D eigenvalue weighted by atomic mass is 35.5. The van der Waals surface area contributed by atoms with Crippen LogP contribution in [0.3, 0.4) is 0 Å². The first kappa shape index (κ1) is 11.0. The highest BCUT2D eigenvalue weighted by Gasteiger charge is 2.11. The lowest BCUT2D eigenvalue weighted by Gasteiger charge is -2.05. The van der Waals surface area contributed by atoms with Crippen LogP contribution in [-0.2, 0) is 0 Å². The van der Waals surface area contributed by atoms with Crippen molar-refractivity contribution in [3.05, 3.63) is 58.9 Å². The summed E-state index contributed by atoms with van der Waals surface area (Å²) in [5.74, 6) is -1.89. The van der Waals surface area contributed by atoms with Gasteiger partial charge in [0.25, 0.3) is 0 Å². The van der Waals surface area contributed by atoms with Crippen LogP contribution in [0.15, 0.2) is 30.3 Å². The molecule has 0 heterocycles. The van der Waals surface area contributed by atoms with E-state index in [1.807, 2.05) is 0 Å². The standard InChI is InChI=1S/C12H5ClF3/c13-11-3-1-7(14)5-9(11)10-6-8(15)2-4-12(10)16/h1-2,4-6H. The zero-order valence-electron chi connectivity index (χ0n) is 7.90. The second-order valence-corrected chi connectivity index (χ2v) is 3.55. The monoisotopic (exact) mass is 241 g/mol. The molecule has 2 aromatic carbocycles. The van der Waals surface area contributed by atoms with Crippen LogP contribution in [0.25, 0.3) is 11.1 Å². The summed E-state index contributed by atoms with van der Waals surface area (Å²) < 4.78 is 39.3. The Kier molecular flexibility index (Phi) is 2.88. The van der Waals surface area contributed by atoms with Crippen LogP contribution in [0.1, 0.15) is 0 Å². The predicted molar refractivity (Wildman–Crippen MR) is 55.6 cm³/mol. The van der Waals surface area contributed by atoms with Crippen molar-refractivity contribution in [3.8, 4) is 11.1 Å². The normalized spacial score (nSPS) is 10.5. The molecule has 0 bridgehead atoms. The molecule has 0 unspecified atom stereocenters. The van der Waals surface area contributed by atoms with E-state index in [1.54, 1.807) is 0 Å². The Morgan fingerprint density at radius 3 is 2.38 bits per heavy atom. The van der Waals surface area contributed by atoms with E-state index in [2.05, 4.69) is 6.07 Å². The molecule has 81 valence electrons. The van der Waals surface area contributed by atoms with Gasteiger partial charge in [0, 0.05) is 17.2 Å². The van der Waals surface area contributed by atoms with Crippen molar-refractivity contribution in [2.45, 2.75) is 0 Å². The van der Waals surface area contributed by atoms with Gasteiger partial charge in [0.2, 0.25) is 0 Å². The molecule has 0 aliphatic carbocycles. The van der Waals surface area contributed by atoms with Gasteiger partial charge in [0.15, 0.2) is 0 Å². The van der Waals surface area contributed by atoms with E-state index in [1.165, 1.54) is 0 Å². The molecule has 0 fully saturated rings. The van der Waals surface area contributed by atoms with Crippen molar-refractivity contribution in [3.63, 3.8) is 0 Å². The summed E-state index contributed by atoms with van der Waals surface area (Å²) >= 11 is 5.74. The molecule has 4 heteroatoms. The minimum absolute atomic E-state index is 0.0471. The highest BCUT2D eigenvalue weighted by Crippen LogP contribution is 2.30. The third kappa shape index (κ3) is 2.04. The van der Waals surface area contributed by atoms with E-state index in [0.29, 0.717) is 0 Å². The lowest BCUT2D eigenvalue weighted by molar-refractivity contribution is 0.602. The van der Waals surface area contributed by atoms with Crippen molar-refractivity contribution in [1.29, 1.82) is 0 Å². The third-order valence-electron chi connectivity index (χ3n) is 2.07. The zero-order valence-corrected chi connectivity index (χ0v) is 8.65. The number of benzene rings is 2. The highest BCUT2D eigenvalue weighted by molar-refractivity contribution is 6.33. The second-order valence-electron chi connectivity index (χ2n) is 3.17. The molecule has 2 rings (SSSR count). The van der Waals surface area contributed by atoms with Crippen molar-refractivity contribution in [2.75, 3.05) is 0 Å². The zero-order chi connectivity index (χ0) is 11.7. The quantitative estimate of drug-likeness (QED) is 0.701. The van der Waals surface area contributed by atoms with Crippen LogP contribution in [-0.4, -0.2) is 0 Å². The summed E-state index contributed by atoms with van der Waals surface area (Å²) in [5, 5.41) is 0.0471. The molecule has 0 N–H and O–H groups in total. The lowest BCUT2D eigenvalue weighted by atomic mass is 10.0. The van der Waals surface area contributed by atoms with E-state index in [9.17, 15) is 13.2 Å². The molecule has 1 radical (unpaired) electrons. The Hall–Kier alpha value is -1.48. The average Bonchev–Trinajstić information content (AvgIpc) is 2.25. The largest absolute Gasteiger partial charge is 0.207 e. The Morgan fingerprint density at radius 2 is 1.62 bits per heavy atom. The number of hydrogen-bond donors (Lipinski definition) is 0. The van der Waals surface area contributed by atoms with E-state index in [0.717, 1.165) is 30.3 Å². The SMILES string of the molecule is Fc1c[c]c(Cl)c(-c2cc(F)ccc2F)c1. The summed E-state index contributed by atoms with van der Waals surface area (Å²) in [6, 6.07) is 7.39. The van der Waals surface area contributed by atoms with Gasteiger partial charge < -0.3 is 0 Å². The molecule has 0 nitrogen and oxygen atoms in total. The second kappa shape index (κ2) is 4.18. The lowest BCUT2D eigenvalue weighted by Crippen LogP contribution is -1.88. The summed E-state index contributed by atoms with van der Waals surface area (Å²) in [6.07, 6.45) is 0. The fraction of sp³-hybridized carbons (Fsp3) is 0. The van der Waals surface area contributed by atoms with Crippen LogP contribution in [0, 0.1) is 23.5 Å². The summed E-state index contributed by atoms with van der Waals surface area (Å²) in [4.78, 5) is 0. The topological polar surface area (TPSA) is 0 Å². The summed E-state index contributed by atoms with van der Waals surface area (Å²) in [5.41, 5.74) is -0.000540. The fourth-order valence-electron chi connectivity index (χ4n) is 1.35. The van der Waals surface area contributed by atoms with Crippen LogP contribution >= 0.6 is 11.6 Å². The Balaban J connectivity index is 2.66. The third-order valence-corrected chi connectivity index (χ3v) is 2.39. The van der Waals surface area contributed by atoms with E-state index in [-0.39, 0.29) is 16.1 Å². The smallest absolute Gasteiger partial charge is 0.131 e. The molecule has 0 saturated carbocycles. The van der Waals surface area contributed by atoms with E-state index >= 15 is 0 Å². The van der Waals surface area contributed by atoms with Gasteiger partial charge in [-0.25, -0.2) is 13.2 Å². The van der Waals surface area contributed by atoms with Crippen molar-refractivity contribution >= 4 is 11.6 Å². The minimum atomic E-state index is -0.665. The van der Waals surface area contributed by atoms with E-state index in [4.69, 9.17) is 11.6 Å². The molecular formula is C12H5ClF3. The number of hydrogen-bond acceptors (Lipinski definition) is 0. The number of halogens is 4. The summed E-state index contributed by atoms with van der Waals surface area (Å²) in [6.45, 7) is 0. The van der Waals surface area contributed by atoms with Crippen molar-refractivity contribution in [2.24, 2.45) is 0 Å². The van der Waals surface area contributed by atoms with Gasteiger partial charge in [-0.3, -0.25) is 0 Å². The molecule has 0 aliphatic heterocycles. The number of rotatable bonds is 1. The molecule has 0 aromatic heterocycles. The Labute approximate surface area is 95.3 Å². The Bertz CT molecular complexity index is 488. The maximum absolute atomic E-state index is 13.4. The Morgan fingerprint density at radius 1 is 0.938 bits per heavy atom.